The lowest BCUT2D eigenvalue weighted by Crippen LogP contribution is -2.27. The summed E-state index contributed by atoms with van der Waals surface area (Å²) in [5.41, 5.74) is 1.83. The lowest BCUT2D eigenvalue weighted by atomic mass is 9.80. The van der Waals surface area contributed by atoms with Crippen LogP contribution >= 0.6 is 11.6 Å². The Morgan fingerprint density at radius 3 is 3.10 bits per heavy atom. The van der Waals surface area contributed by atoms with E-state index in [1.165, 1.54) is 12.3 Å². The van der Waals surface area contributed by atoms with Crippen molar-refractivity contribution in [2.24, 2.45) is 0 Å². The smallest absolute Gasteiger partial charge is 0.438 e. The summed E-state index contributed by atoms with van der Waals surface area (Å²) in [7, 11) is -0.887. The third kappa shape index (κ3) is 2.34. The summed E-state index contributed by atoms with van der Waals surface area (Å²) in [4.78, 5) is 4.00. The van der Waals surface area contributed by atoms with Crippen molar-refractivity contribution in [3.63, 3.8) is 0 Å². The summed E-state index contributed by atoms with van der Waals surface area (Å²) in [6.07, 6.45) is 1.41. The standard InChI is InChI=1S/C13H8BClN2O3/c15-10-3-8(5-16)13(17-6-10)20-11-1-2-12-9(4-11)7-19-14(12)18/h1-4,6,18H,7H2. The van der Waals surface area contributed by atoms with E-state index in [2.05, 4.69) is 4.98 Å². The quantitative estimate of drug-likeness (QED) is 0.849. The number of nitrogens with zero attached hydrogens (tertiary/aromatic N) is 2. The van der Waals surface area contributed by atoms with Crippen LogP contribution in [0, 0.1) is 11.3 Å². The maximum absolute atomic E-state index is 9.54. The maximum atomic E-state index is 9.54. The van der Waals surface area contributed by atoms with Gasteiger partial charge in [-0.15, -0.1) is 0 Å². The highest BCUT2D eigenvalue weighted by atomic mass is 35.5. The molecule has 0 fully saturated rings. The molecule has 1 aromatic heterocycles. The Labute approximate surface area is 120 Å². The monoisotopic (exact) mass is 286 g/mol. The van der Waals surface area contributed by atoms with Gasteiger partial charge < -0.3 is 14.4 Å². The Bertz CT molecular complexity index is 717. The van der Waals surface area contributed by atoms with Crippen LogP contribution in [0.5, 0.6) is 11.6 Å². The Hall–Kier alpha value is -2.07. The van der Waals surface area contributed by atoms with E-state index in [1.54, 1.807) is 18.2 Å². The predicted molar refractivity (Wildman–Crippen MR) is 72.9 cm³/mol. The normalized spacial score (nSPS) is 12.9. The van der Waals surface area contributed by atoms with Crippen LogP contribution in [-0.2, 0) is 11.3 Å². The van der Waals surface area contributed by atoms with E-state index in [4.69, 9.17) is 26.3 Å². The molecule has 98 valence electrons. The summed E-state index contributed by atoms with van der Waals surface area (Å²) in [5.74, 6) is 0.712. The van der Waals surface area contributed by atoms with Gasteiger partial charge in [0.15, 0.2) is 0 Å². The second-order valence-electron chi connectivity index (χ2n) is 4.24. The van der Waals surface area contributed by atoms with Crippen molar-refractivity contribution in [1.29, 1.82) is 5.26 Å². The Balaban J connectivity index is 1.91. The molecule has 5 nitrogen and oxygen atoms in total. The van der Waals surface area contributed by atoms with E-state index in [-0.39, 0.29) is 11.4 Å². The van der Waals surface area contributed by atoms with Crippen LogP contribution in [-0.4, -0.2) is 17.1 Å². The summed E-state index contributed by atoms with van der Waals surface area (Å²) >= 11 is 5.78. The fraction of sp³-hybridized carbons (Fsp3) is 0.0769. The van der Waals surface area contributed by atoms with Crippen molar-refractivity contribution in [3.8, 4) is 17.7 Å². The first-order valence-electron chi connectivity index (χ1n) is 5.83. The molecular formula is C13H8BClN2O3. The zero-order valence-electron chi connectivity index (χ0n) is 10.2. The van der Waals surface area contributed by atoms with Gasteiger partial charge in [-0.05, 0) is 29.2 Å². The van der Waals surface area contributed by atoms with Crippen molar-refractivity contribution >= 4 is 24.2 Å². The van der Waals surface area contributed by atoms with E-state index in [1.807, 2.05) is 6.07 Å². The second kappa shape index (κ2) is 5.14. The number of pyridine rings is 1. The molecule has 0 amide bonds. The van der Waals surface area contributed by atoms with Gasteiger partial charge in [-0.1, -0.05) is 17.7 Å². The van der Waals surface area contributed by atoms with E-state index < -0.39 is 7.12 Å². The maximum Gasteiger partial charge on any atom is 0.491 e. The van der Waals surface area contributed by atoms with E-state index >= 15 is 0 Å². The first-order chi connectivity index (χ1) is 9.67. The van der Waals surface area contributed by atoms with Crippen molar-refractivity contribution in [1.82, 2.24) is 4.98 Å². The van der Waals surface area contributed by atoms with Gasteiger partial charge in [0.1, 0.15) is 17.4 Å². The molecular weight excluding hydrogens is 278 g/mol. The molecule has 0 radical (unpaired) electrons. The van der Waals surface area contributed by atoms with Crippen molar-refractivity contribution in [2.45, 2.75) is 6.61 Å². The van der Waals surface area contributed by atoms with Crippen molar-refractivity contribution in [2.75, 3.05) is 0 Å². The summed E-state index contributed by atoms with van der Waals surface area (Å²) in [5, 5.41) is 18.9. The van der Waals surface area contributed by atoms with Gasteiger partial charge >= 0.3 is 7.12 Å². The van der Waals surface area contributed by atoms with Gasteiger partial charge in [-0.3, -0.25) is 0 Å². The highest BCUT2D eigenvalue weighted by Gasteiger charge is 2.27. The number of nitriles is 1. The Morgan fingerprint density at radius 1 is 1.45 bits per heavy atom. The SMILES string of the molecule is N#Cc1cc(Cl)cnc1Oc1ccc2c(c1)COB2O. The molecule has 2 aromatic rings. The molecule has 0 unspecified atom stereocenters. The molecule has 1 aromatic carbocycles. The van der Waals surface area contributed by atoms with Crippen LogP contribution in [0.3, 0.4) is 0 Å². The largest absolute Gasteiger partial charge is 0.491 e. The number of halogens is 1. The van der Waals surface area contributed by atoms with Gasteiger partial charge in [0.25, 0.3) is 0 Å². The fourth-order valence-electron chi connectivity index (χ4n) is 1.97. The molecule has 7 heteroatoms. The summed E-state index contributed by atoms with van der Waals surface area (Å²) < 4.78 is 10.7. The average molecular weight is 286 g/mol. The number of hydrogen-bond donors (Lipinski definition) is 1. The van der Waals surface area contributed by atoms with Crippen LogP contribution < -0.4 is 10.2 Å². The molecule has 2 heterocycles. The topological polar surface area (TPSA) is 75.4 Å². The van der Waals surface area contributed by atoms with Gasteiger partial charge in [-0.2, -0.15) is 5.26 Å². The van der Waals surface area contributed by atoms with Crippen LogP contribution in [0.2, 0.25) is 5.02 Å². The molecule has 0 aliphatic carbocycles. The molecule has 1 aliphatic rings. The molecule has 0 saturated carbocycles. The van der Waals surface area contributed by atoms with Gasteiger partial charge in [0.05, 0.1) is 11.6 Å². The van der Waals surface area contributed by atoms with Crippen LogP contribution in [0.15, 0.2) is 30.5 Å². The van der Waals surface area contributed by atoms with Crippen LogP contribution in [0.4, 0.5) is 0 Å². The van der Waals surface area contributed by atoms with Crippen LogP contribution in [0.1, 0.15) is 11.1 Å². The molecule has 0 atom stereocenters. The first-order valence-corrected chi connectivity index (χ1v) is 6.21. The van der Waals surface area contributed by atoms with Gasteiger partial charge in [0.2, 0.25) is 5.88 Å². The van der Waals surface area contributed by atoms with E-state index in [0.717, 1.165) is 11.0 Å². The summed E-state index contributed by atoms with van der Waals surface area (Å²) in [6, 6.07) is 8.64. The third-order valence-electron chi connectivity index (χ3n) is 2.93. The first kappa shape index (κ1) is 12.9. The van der Waals surface area contributed by atoms with Gasteiger partial charge in [0, 0.05) is 6.20 Å². The average Bonchev–Trinajstić information content (AvgIpc) is 2.82. The highest BCUT2D eigenvalue weighted by Crippen LogP contribution is 2.26. The Kier molecular flexibility index (Phi) is 3.32. The second-order valence-corrected chi connectivity index (χ2v) is 4.68. The molecule has 0 bridgehead atoms. The van der Waals surface area contributed by atoms with Crippen molar-refractivity contribution < 1.29 is 14.4 Å². The minimum atomic E-state index is -0.887. The third-order valence-corrected chi connectivity index (χ3v) is 3.14. The molecule has 3 rings (SSSR count). The minimum Gasteiger partial charge on any atom is -0.438 e. The number of ether oxygens (including phenoxy) is 1. The molecule has 20 heavy (non-hydrogen) atoms. The number of hydrogen-bond acceptors (Lipinski definition) is 5. The Morgan fingerprint density at radius 2 is 2.30 bits per heavy atom. The van der Waals surface area contributed by atoms with E-state index in [9.17, 15) is 5.02 Å². The lowest BCUT2D eigenvalue weighted by molar-refractivity contribution is 0.275. The fourth-order valence-corrected chi connectivity index (χ4v) is 2.13. The van der Waals surface area contributed by atoms with Crippen molar-refractivity contribution in [3.05, 3.63) is 46.6 Å². The lowest BCUT2D eigenvalue weighted by Gasteiger charge is -2.07. The number of fused-ring (bicyclic) bond motifs is 1. The number of rotatable bonds is 2. The zero-order valence-corrected chi connectivity index (χ0v) is 11.0. The predicted octanol–water partition coefficient (Wildman–Crippen LogP) is 1.62. The van der Waals surface area contributed by atoms with Crippen LogP contribution in [0.25, 0.3) is 0 Å². The summed E-state index contributed by atoms with van der Waals surface area (Å²) in [6.45, 7) is 0.326. The molecule has 1 N–H and O–H groups in total. The highest BCUT2D eigenvalue weighted by molar-refractivity contribution is 6.61. The molecule has 0 spiro atoms. The van der Waals surface area contributed by atoms with E-state index in [0.29, 0.717) is 17.4 Å². The minimum absolute atomic E-state index is 0.191. The van der Waals surface area contributed by atoms with Gasteiger partial charge in [-0.25, -0.2) is 4.98 Å². The zero-order chi connectivity index (χ0) is 14.1. The number of aromatic nitrogens is 1. The molecule has 0 saturated heterocycles. The number of benzene rings is 1. The molecule has 1 aliphatic heterocycles.